The highest BCUT2D eigenvalue weighted by atomic mass is 32.1. The highest BCUT2D eigenvalue weighted by Crippen LogP contribution is 2.57. The number of aromatic nitrogens is 2. The fourth-order valence-electron chi connectivity index (χ4n) is 15.6. The second-order valence-electron chi connectivity index (χ2n) is 30.2. The predicted octanol–water partition coefficient (Wildman–Crippen LogP) is 27.9. The molecule has 0 amide bonds. The average molecular weight is 1410 g/mol. The smallest absolute Gasteiger partial charge is 0.169 e. The van der Waals surface area contributed by atoms with E-state index in [2.05, 4.69) is 236 Å². The van der Waals surface area contributed by atoms with Crippen LogP contribution >= 0.6 is 22.7 Å². The molecule has 10 heteroatoms. The normalized spacial score (nSPS) is 14.4. The Kier molecular flexibility index (Phi) is 28.2. The van der Waals surface area contributed by atoms with Gasteiger partial charge in [0.15, 0.2) is 60.9 Å². The molecule has 0 bridgehead atoms. The standard InChI is InChI=1S/C92H124N4O4S2/c1-13-25-31-65(19-7)59-93-49-45-71(46-50-93)73-37-41-79-83(53-73)99-85-55-75(39-43-81(85)95(79)61-67(21-9)33-27-15-3)87-57-77-89(97-63-69(23-11)35-29-17-5)92-78(90(91(77)101-87)98-64-70(24-12)36-30-18-6)58-88(102-92)76-40-44-82-86(56-76)100-84-54-74(38-42-80(84)96(82)62-68(22-10)34-28-16-4)72-47-51-94(52-48-72)60-66(20-8)32-26-14-2/h37-58,65-70H,13-36,59-64H2,1-12H3/q+2. The first-order chi connectivity index (χ1) is 50.0. The summed E-state index contributed by atoms with van der Waals surface area (Å²) in [6, 6.07) is 41.8. The Morgan fingerprint density at radius 1 is 0.333 bits per heavy atom. The van der Waals surface area contributed by atoms with Gasteiger partial charge in [0.1, 0.15) is 11.5 Å². The molecule has 5 aromatic carbocycles. The lowest BCUT2D eigenvalue weighted by atomic mass is 9.97. The number of benzene rings is 5. The molecule has 4 aromatic heterocycles. The molecule has 0 radical (unpaired) electrons. The Labute approximate surface area is 623 Å². The Morgan fingerprint density at radius 2 is 0.627 bits per heavy atom. The van der Waals surface area contributed by atoms with Crippen molar-refractivity contribution in [1.82, 2.24) is 0 Å². The topological polar surface area (TPSA) is 51.2 Å². The number of thiophene rings is 2. The van der Waals surface area contributed by atoms with Crippen molar-refractivity contribution >= 4 is 65.6 Å². The minimum atomic E-state index is 0.448. The highest BCUT2D eigenvalue weighted by Gasteiger charge is 2.32. The highest BCUT2D eigenvalue weighted by molar-refractivity contribution is 7.24. The first-order valence-corrected chi connectivity index (χ1v) is 42.4. The maximum atomic E-state index is 7.45. The summed E-state index contributed by atoms with van der Waals surface area (Å²) >= 11 is 3.69. The second kappa shape index (κ2) is 37.7. The molecule has 0 aliphatic carbocycles. The Hall–Kier alpha value is -6.88. The van der Waals surface area contributed by atoms with Crippen LogP contribution in [0.25, 0.3) is 63.3 Å². The van der Waals surface area contributed by atoms with E-state index in [9.17, 15) is 0 Å². The minimum absolute atomic E-state index is 0.448. The summed E-state index contributed by atoms with van der Waals surface area (Å²) < 4.78 is 36.4. The van der Waals surface area contributed by atoms with Gasteiger partial charge in [0.05, 0.1) is 45.4 Å². The lowest BCUT2D eigenvalue weighted by Crippen LogP contribution is -2.36. The molecule has 2 aliphatic rings. The molecule has 546 valence electrons. The third-order valence-corrected chi connectivity index (χ3v) is 25.2. The van der Waals surface area contributed by atoms with Crippen LogP contribution in [0, 0.1) is 35.5 Å². The Morgan fingerprint density at radius 3 is 0.941 bits per heavy atom. The molecule has 0 N–H and O–H groups in total. The van der Waals surface area contributed by atoms with Crippen molar-refractivity contribution in [2.24, 2.45) is 35.5 Å². The van der Waals surface area contributed by atoms with Gasteiger partial charge in [-0.15, -0.1) is 22.7 Å². The molecule has 0 saturated carbocycles. The summed E-state index contributed by atoms with van der Waals surface area (Å²) in [5, 5.41) is 2.25. The summed E-state index contributed by atoms with van der Waals surface area (Å²) in [6.45, 7) is 33.2. The van der Waals surface area contributed by atoms with Crippen LogP contribution in [-0.4, -0.2) is 26.3 Å². The van der Waals surface area contributed by atoms with Gasteiger partial charge in [0.2, 0.25) is 0 Å². The summed E-state index contributed by atoms with van der Waals surface area (Å²) in [4.78, 5) is 7.49. The van der Waals surface area contributed by atoms with Crippen molar-refractivity contribution in [1.29, 1.82) is 0 Å². The summed E-state index contributed by atoms with van der Waals surface area (Å²) in [6.07, 6.45) is 37.9. The summed E-state index contributed by atoms with van der Waals surface area (Å²) in [5.41, 5.74) is 11.6. The first-order valence-electron chi connectivity index (χ1n) is 40.7. The number of ether oxygens (including phenoxy) is 4. The number of hydrogen-bond acceptors (Lipinski definition) is 8. The molecule has 9 aromatic rings. The number of pyridine rings is 2. The molecule has 6 heterocycles. The predicted molar refractivity (Wildman–Crippen MR) is 437 cm³/mol. The van der Waals surface area contributed by atoms with Gasteiger partial charge < -0.3 is 28.7 Å². The summed E-state index contributed by atoms with van der Waals surface area (Å²) in [5.74, 6) is 8.96. The van der Waals surface area contributed by atoms with Crippen LogP contribution in [0.15, 0.2) is 134 Å². The van der Waals surface area contributed by atoms with Crippen LogP contribution in [0.3, 0.4) is 0 Å². The quantitative estimate of drug-likeness (QED) is 0.0356. The first kappa shape index (κ1) is 76.3. The van der Waals surface area contributed by atoms with Crippen LogP contribution < -0.4 is 37.9 Å². The van der Waals surface area contributed by atoms with Crippen molar-refractivity contribution in [3.05, 3.63) is 134 Å². The van der Waals surface area contributed by atoms with Gasteiger partial charge in [-0.25, -0.2) is 9.13 Å². The zero-order chi connectivity index (χ0) is 71.5. The number of rotatable bonds is 42. The third kappa shape index (κ3) is 18.4. The van der Waals surface area contributed by atoms with Gasteiger partial charge in [-0.1, -0.05) is 210 Å². The molecule has 8 nitrogen and oxygen atoms in total. The zero-order valence-electron chi connectivity index (χ0n) is 64.6. The maximum Gasteiger partial charge on any atom is 0.169 e. The molecule has 0 spiro atoms. The molecule has 0 fully saturated rings. The van der Waals surface area contributed by atoms with Gasteiger partial charge >= 0.3 is 0 Å². The lowest BCUT2D eigenvalue weighted by molar-refractivity contribution is -0.703. The van der Waals surface area contributed by atoms with Gasteiger partial charge in [-0.05, 0) is 169 Å². The van der Waals surface area contributed by atoms with E-state index in [-0.39, 0.29) is 0 Å². The van der Waals surface area contributed by atoms with E-state index >= 15 is 0 Å². The number of unbranched alkanes of at least 4 members (excludes halogenated alkanes) is 6. The minimum Gasteiger partial charge on any atom is -0.491 e. The molecule has 2 aliphatic heterocycles. The third-order valence-electron chi connectivity index (χ3n) is 22.8. The van der Waals surface area contributed by atoms with E-state index in [0.29, 0.717) is 48.7 Å². The lowest BCUT2D eigenvalue weighted by Gasteiger charge is -2.35. The molecular formula is C92H124N4O4S2+2. The van der Waals surface area contributed by atoms with Crippen LogP contribution in [-0.2, 0) is 13.1 Å². The summed E-state index contributed by atoms with van der Waals surface area (Å²) in [7, 11) is 0. The van der Waals surface area contributed by atoms with Crippen LogP contribution in [0.4, 0.5) is 22.7 Å². The van der Waals surface area contributed by atoms with Gasteiger partial charge in [0, 0.05) is 69.7 Å². The van der Waals surface area contributed by atoms with E-state index in [4.69, 9.17) is 18.9 Å². The fraction of sp³-hybridized carbons (Fsp3) is 0.522. The number of anilines is 4. The van der Waals surface area contributed by atoms with Crippen molar-refractivity contribution < 1.29 is 28.1 Å². The average Bonchev–Trinajstić information content (AvgIpc) is 1.31. The van der Waals surface area contributed by atoms with E-state index in [1.807, 2.05) is 22.7 Å². The van der Waals surface area contributed by atoms with Crippen molar-refractivity contribution in [3.63, 3.8) is 0 Å². The number of nitrogens with zero attached hydrogens (tertiary/aromatic N) is 4. The molecule has 6 unspecified atom stereocenters. The Balaban J connectivity index is 0.998. The van der Waals surface area contributed by atoms with E-state index in [0.717, 1.165) is 153 Å². The number of fused-ring (bicyclic) bond motifs is 6. The van der Waals surface area contributed by atoms with Gasteiger partial charge in [0.25, 0.3) is 0 Å². The zero-order valence-corrected chi connectivity index (χ0v) is 66.3. The molecule has 6 atom stereocenters. The van der Waals surface area contributed by atoms with Crippen LogP contribution in [0.2, 0.25) is 0 Å². The van der Waals surface area contributed by atoms with E-state index < -0.39 is 0 Å². The molecule has 102 heavy (non-hydrogen) atoms. The maximum absolute atomic E-state index is 7.45. The largest absolute Gasteiger partial charge is 0.491 e. The van der Waals surface area contributed by atoms with Crippen molar-refractivity contribution in [2.45, 2.75) is 250 Å². The van der Waals surface area contributed by atoms with Crippen LogP contribution in [0.1, 0.15) is 237 Å². The molecule has 11 rings (SSSR count). The fourth-order valence-corrected chi connectivity index (χ4v) is 18.0. The van der Waals surface area contributed by atoms with Crippen molar-refractivity contribution in [2.75, 3.05) is 36.1 Å². The van der Waals surface area contributed by atoms with Gasteiger partial charge in [-0.3, -0.25) is 0 Å². The van der Waals surface area contributed by atoms with E-state index in [1.54, 1.807) is 0 Å². The molecular weight excluding hydrogens is 1290 g/mol. The Bertz CT molecular complexity index is 3780. The second-order valence-corrected chi connectivity index (χ2v) is 32.3. The monoisotopic (exact) mass is 1410 g/mol. The van der Waals surface area contributed by atoms with Crippen LogP contribution in [0.5, 0.6) is 34.5 Å². The van der Waals surface area contributed by atoms with Gasteiger partial charge in [-0.2, -0.15) is 0 Å². The molecule has 0 saturated heterocycles. The van der Waals surface area contributed by atoms with E-state index in [1.165, 1.54) is 148 Å². The SMILES string of the molecule is CCCCC(CC)COc1c2cc(-c3ccc4c(c3)Oc3cc(-c5cc[n+](CC(CC)CCCC)cc5)ccc3N4CC(CC)CCCC)sc2c(OCC(CC)CCCC)c2cc(-c3ccc4c(c3)Oc3cc(-c5cc[n+](CC(CC)CCCC)cc5)ccc3N4CC(CC)CCCC)sc12. The van der Waals surface area contributed by atoms with Crippen molar-refractivity contribution in [3.8, 4) is 77.6 Å². The number of hydrogen-bond donors (Lipinski definition) is 0.